The highest BCUT2D eigenvalue weighted by Gasteiger charge is 2.22. The van der Waals surface area contributed by atoms with Crippen molar-refractivity contribution in [1.82, 2.24) is 10.4 Å². The molecule has 1 heterocycles. The number of nitrogens with zero attached hydrogens (tertiary/aromatic N) is 1. The van der Waals surface area contributed by atoms with Gasteiger partial charge in [-0.3, -0.25) is 10.2 Å². The summed E-state index contributed by atoms with van der Waals surface area (Å²) in [4.78, 5) is 11.8. The average molecular weight is 257 g/mol. The normalized spacial score (nSPS) is 16.6. The Morgan fingerprint density at radius 2 is 2.00 bits per heavy atom. The molecule has 0 radical (unpaired) electrons. The molecule has 0 spiro atoms. The van der Waals surface area contributed by atoms with Gasteiger partial charge in [0.05, 0.1) is 18.9 Å². The molecule has 5 nitrogen and oxygen atoms in total. The van der Waals surface area contributed by atoms with Gasteiger partial charge in [0.2, 0.25) is 0 Å². The maximum absolute atomic E-state index is 13.6. The lowest BCUT2D eigenvalue weighted by atomic mass is 10.1. The highest BCUT2D eigenvalue weighted by Crippen LogP contribution is 2.18. The third-order valence-electron chi connectivity index (χ3n) is 2.62. The van der Waals surface area contributed by atoms with E-state index >= 15 is 0 Å². The molecule has 1 amide bonds. The summed E-state index contributed by atoms with van der Waals surface area (Å²) in [6.07, 6.45) is 0. The van der Waals surface area contributed by atoms with Crippen LogP contribution in [0, 0.1) is 11.6 Å². The lowest BCUT2D eigenvalue weighted by Crippen LogP contribution is -2.48. The molecule has 18 heavy (non-hydrogen) atoms. The molecular weight excluding hydrogens is 244 g/mol. The number of carbonyl (C=O) groups excluding carboxylic acids is 1. The number of carbonyl (C=O) groups is 1. The highest BCUT2D eigenvalue weighted by atomic mass is 19.1. The molecule has 0 unspecified atom stereocenters. The van der Waals surface area contributed by atoms with Crippen molar-refractivity contribution in [3.05, 3.63) is 29.3 Å². The molecule has 3 N–H and O–H groups in total. The van der Waals surface area contributed by atoms with Crippen molar-refractivity contribution < 1.29 is 18.3 Å². The minimum Gasteiger partial charge on any atom is -0.396 e. The number of anilines is 1. The third kappa shape index (κ3) is 2.57. The lowest BCUT2D eigenvalue weighted by molar-refractivity contribution is 0.0124. The van der Waals surface area contributed by atoms with Gasteiger partial charge in [-0.1, -0.05) is 0 Å². The van der Waals surface area contributed by atoms with Crippen LogP contribution in [0.25, 0.3) is 0 Å². The number of nitrogen functional groups attached to an aromatic ring is 1. The zero-order valence-electron chi connectivity index (χ0n) is 9.58. The largest absolute Gasteiger partial charge is 0.396 e. The Balaban J connectivity index is 2.15. The number of amides is 1. The molecule has 2 rings (SSSR count). The van der Waals surface area contributed by atoms with Crippen molar-refractivity contribution in [3.63, 3.8) is 0 Å². The number of morpholine rings is 1. The minimum atomic E-state index is -1.04. The van der Waals surface area contributed by atoms with Crippen molar-refractivity contribution in [2.24, 2.45) is 0 Å². The van der Waals surface area contributed by atoms with Crippen LogP contribution in [0.4, 0.5) is 14.5 Å². The average Bonchev–Trinajstić information content (AvgIpc) is 2.36. The van der Waals surface area contributed by atoms with Gasteiger partial charge in [0.1, 0.15) is 11.4 Å². The van der Waals surface area contributed by atoms with Gasteiger partial charge < -0.3 is 10.5 Å². The van der Waals surface area contributed by atoms with E-state index in [1.54, 1.807) is 5.01 Å². The van der Waals surface area contributed by atoms with Crippen LogP contribution >= 0.6 is 0 Å². The predicted octanol–water partition coefficient (Wildman–Crippen LogP) is 0.524. The molecule has 7 heteroatoms. The molecule has 1 aliphatic heterocycles. The quantitative estimate of drug-likeness (QED) is 0.758. The summed E-state index contributed by atoms with van der Waals surface area (Å²) < 4.78 is 32.1. The van der Waals surface area contributed by atoms with E-state index in [0.29, 0.717) is 26.3 Å². The van der Waals surface area contributed by atoms with Gasteiger partial charge in [0.15, 0.2) is 5.82 Å². The number of halogens is 2. The molecule has 0 atom stereocenters. The number of ether oxygens (including phenoxy) is 1. The smallest absolute Gasteiger partial charge is 0.271 e. The van der Waals surface area contributed by atoms with Gasteiger partial charge in [0.25, 0.3) is 5.91 Å². The van der Waals surface area contributed by atoms with Gasteiger partial charge in [-0.2, -0.15) is 0 Å². The van der Waals surface area contributed by atoms with Gasteiger partial charge >= 0.3 is 0 Å². The molecule has 0 aliphatic carbocycles. The van der Waals surface area contributed by atoms with E-state index in [-0.39, 0.29) is 5.69 Å². The third-order valence-corrected chi connectivity index (χ3v) is 2.62. The Bertz CT molecular complexity index is 462. The van der Waals surface area contributed by atoms with Crippen LogP contribution in [0.1, 0.15) is 10.4 Å². The first-order chi connectivity index (χ1) is 8.59. The summed E-state index contributed by atoms with van der Waals surface area (Å²) in [5, 5.41) is 1.55. The van der Waals surface area contributed by atoms with E-state index in [0.717, 1.165) is 12.1 Å². The Morgan fingerprint density at radius 1 is 1.33 bits per heavy atom. The van der Waals surface area contributed by atoms with E-state index in [9.17, 15) is 13.6 Å². The number of hydrazine groups is 1. The standard InChI is InChI=1S/C11H13F2N3O2/c12-7-1-2-8(14)10(13)9(7)11(17)15-16-3-5-18-6-4-16/h1-2H,3-6,14H2,(H,15,17). The highest BCUT2D eigenvalue weighted by molar-refractivity contribution is 5.95. The van der Waals surface area contributed by atoms with Crippen LogP contribution in [0.3, 0.4) is 0 Å². The predicted molar refractivity (Wildman–Crippen MR) is 60.6 cm³/mol. The van der Waals surface area contributed by atoms with E-state index < -0.39 is 23.1 Å². The fraction of sp³-hybridized carbons (Fsp3) is 0.364. The Hall–Kier alpha value is -1.73. The van der Waals surface area contributed by atoms with Crippen molar-refractivity contribution in [2.45, 2.75) is 0 Å². The second kappa shape index (κ2) is 5.28. The van der Waals surface area contributed by atoms with Crippen molar-refractivity contribution in [2.75, 3.05) is 32.0 Å². The van der Waals surface area contributed by atoms with Crippen LogP contribution in [0.5, 0.6) is 0 Å². The molecule has 1 aromatic carbocycles. The van der Waals surface area contributed by atoms with Crippen LogP contribution in [0.2, 0.25) is 0 Å². The van der Waals surface area contributed by atoms with Crippen LogP contribution < -0.4 is 11.2 Å². The molecule has 1 saturated heterocycles. The van der Waals surface area contributed by atoms with Crippen molar-refractivity contribution in [3.8, 4) is 0 Å². The first-order valence-electron chi connectivity index (χ1n) is 5.46. The van der Waals surface area contributed by atoms with Crippen LogP contribution in [0.15, 0.2) is 12.1 Å². The maximum Gasteiger partial charge on any atom is 0.271 e. The summed E-state index contributed by atoms with van der Waals surface area (Å²) in [6, 6.07) is 2.04. The van der Waals surface area contributed by atoms with E-state index in [2.05, 4.69) is 5.43 Å². The Morgan fingerprint density at radius 3 is 2.67 bits per heavy atom. The van der Waals surface area contributed by atoms with Crippen LogP contribution in [-0.2, 0) is 4.74 Å². The number of nitrogens with two attached hydrogens (primary N) is 1. The van der Waals surface area contributed by atoms with Crippen LogP contribution in [-0.4, -0.2) is 37.2 Å². The summed E-state index contributed by atoms with van der Waals surface area (Å²) in [5.74, 6) is -2.83. The molecule has 98 valence electrons. The Kier molecular flexibility index (Phi) is 3.73. The van der Waals surface area contributed by atoms with Gasteiger partial charge in [0, 0.05) is 13.1 Å². The molecule has 0 saturated carbocycles. The van der Waals surface area contributed by atoms with Crippen molar-refractivity contribution in [1.29, 1.82) is 0 Å². The fourth-order valence-corrected chi connectivity index (χ4v) is 1.65. The van der Waals surface area contributed by atoms with E-state index in [1.807, 2.05) is 0 Å². The first-order valence-corrected chi connectivity index (χ1v) is 5.46. The number of nitrogens with one attached hydrogen (secondary N) is 1. The van der Waals surface area contributed by atoms with E-state index in [4.69, 9.17) is 10.5 Å². The maximum atomic E-state index is 13.6. The SMILES string of the molecule is Nc1ccc(F)c(C(=O)NN2CCOCC2)c1F. The van der Waals surface area contributed by atoms with Gasteiger partial charge in [-0.25, -0.2) is 13.8 Å². The number of benzene rings is 1. The van der Waals surface area contributed by atoms with E-state index in [1.165, 1.54) is 0 Å². The summed E-state index contributed by atoms with van der Waals surface area (Å²) in [7, 11) is 0. The molecule has 0 bridgehead atoms. The fourth-order valence-electron chi connectivity index (χ4n) is 1.65. The van der Waals surface area contributed by atoms with Gasteiger partial charge in [-0.15, -0.1) is 0 Å². The van der Waals surface area contributed by atoms with Crippen molar-refractivity contribution >= 4 is 11.6 Å². The lowest BCUT2D eigenvalue weighted by Gasteiger charge is -2.27. The second-order valence-electron chi connectivity index (χ2n) is 3.87. The second-order valence-corrected chi connectivity index (χ2v) is 3.87. The Labute approximate surface area is 102 Å². The monoisotopic (exact) mass is 257 g/mol. The molecule has 1 fully saturated rings. The zero-order valence-corrected chi connectivity index (χ0v) is 9.58. The summed E-state index contributed by atoms with van der Waals surface area (Å²) in [6.45, 7) is 1.86. The number of rotatable bonds is 2. The molecule has 0 aromatic heterocycles. The van der Waals surface area contributed by atoms with Gasteiger partial charge in [-0.05, 0) is 12.1 Å². The summed E-state index contributed by atoms with van der Waals surface area (Å²) in [5.41, 5.74) is 6.80. The topological polar surface area (TPSA) is 67.6 Å². The first kappa shape index (κ1) is 12.7. The number of hydrogen-bond acceptors (Lipinski definition) is 4. The summed E-state index contributed by atoms with van der Waals surface area (Å²) >= 11 is 0. The minimum absolute atomic E-state index is 0.261. The number of hydrogen-bond donors (Lipinski definition) is 2. The molecule has 1 aromatic rings. The molecular formula is C11H13F2N3O2. The zero-order chi connectivity index (χ0) is 13.1. The molecule has 1 aliphatic rings.